The van der Waals surface area contributed by atoms with Crippen LogP contribution in [-0.2, 0) is 11.4 Å². The molecule has 0 radical (unpaired) electrons. The predicted octanol–water partition coefficient (Wildman–Crippen LogP) is 5.04. The summed E-state index contributed by atoms with van der Waals surface area (Å²) in [4.78, 5) is 23.3. The number of carbonyl (C=O) groups is 2. The molecule has 0 aliphatic carbocycles. The molecule has 0 atom stereocenters. The number of ether oxygens (including phenoxy) is 2. The molecule has 0 aliphatic rings. The van der Waals surface area contributed by atoms with Gasteiger partial charge in [0.05, 0.1) is 12.8 Å². The number of nitrogens with zero attached hydrogens (tertiary/aromatic N) is 1. The van der Waals surface area contributed by atoms with Crippen molar-refractivity contribution in [3.05, 3.63) is 88.4 Å². The third-order valence-corrected chi connectivity index (χ3v) is 4.82. The van der Waals surface area contributed by atoms with Gasteiger partial charge in [0.1, 0.15) is 6.61 Å². The Morgan fingerprint density at radius 3 is 2.45 bits per heavy atom. The second kappa shape index (κ2) is 11.7. The van der Waals surface area contributed by atoms with Crippen molar-refractivity contribution in [1.29, 1.82) is 0 Å². The summed E-state index contributed by atoms with van der Waals surface area (Å²) in [7, 11) is 0. The number of hydrogen-bond donors (Lipinski definition) is 2. The van der Waals surface area contributed by atoms with E-state index >= 15 is 0 Å². The molecule has 0 spiro atoms. The van der Waals surface area contributed by atoms with E-state index in [0.717, 1.165) is 11.1 Å². The highest BCUT2D eigenvalue weighted by Crippen LogP contribution is 2.29. The SMILES string of the molecule is CCOc1cc(/C=N\NC(=O)c2ccc(NC(C)=O)cc2)ccc1OCc1ccccc1Cl. The molecule has 3 aromatic rings. The minimum atomic E-state index is -0.370. The van der Waals surface area contributed by atoms with E-state index in [4.69, 9.17) is 21.1 Å². The summed E-state index contributed by atoms with van der Waals surface area (Å²) in [6.07, 6.45) is 1.52. The van der Waals surface area contributed by atoms with Crippen LogP contribution in [0, 0.1) is 0 Å². The average molecular weight is 466 g/mol. The van der Waals surface area contributed by atoms with Gasteiger partial charge in [-0.3, -0.25) is 9.59 Å². The second-order valence-corrected chi connectivity index (χ2v) is 7.38. The Labute approximate surface area is 197 Å². The summed E-state index contributed by atoms with van der Waals surface area (Å²) in [5.74, 6) is 0.597. The lowest BCUT2D eigenvalue weighted by molar-refractivity contribution is -0.114. The molecule has 170 valence electrons. The topological polar surface area (TPSA) is 89.0 Å². The number of carbonyl (C=O) groups excluding carboxylic acids is 2. The number of hydrazone groups is 1. The van der Waals surface area contributed by atoms with Gasteiger partial charge < -0.3 is 14.8 Å². The zero-order valence-electron chi connectivity index (χ0n) is 18.3. The van der Waals surface area contributed by atoms with Gasteiger partial charge >= 0.3 is 0 Å². The van der Waals surface area contributed by atoms with Crippen molar-refractivity contribution in [2.45, 2.75) is 20.5 Å². The van der Waals surface area contributed by atoms with Crippen molar-refractivity contribution in [2.75, 3.05) is 11.9 Å². The third kappa shape index (κ3) is 7.08. The molecule has 33 heavy (non-hydrogen) atoms. The summed E-state index contributed by atoms with van der Waals surface area (Å²) in [6, 6.07) is 19.4. The zero-order chi connectivity index (χ0) is 23.6. The second-order valence-electron chi connectivity index (χ2n) is 6.98. The Hall–Kier alpha value is -3.84. The number of amides is 2. The first kappa shape index (κ1) is 23.8. The lowest BCUT2D eigenvalue weighted by Gasteiger charge is -2.13. The quantitative estimate of drug-likeness (QED) is 0.342. The normalized spacial score (nSPS) is 10.6. The first-order valence-electron chi connectivity index (χ1n) is 10.3. The Morgan fingerprint density at radius 1 is 1.00 bits per heavy atom. The van der Waals surface area contributed by atoms with Crippen LogP contribution >= 0.6 is 11.6 Å². The average Bonchev–Trinajstić information content (AvgIpc) is 2.80. The maximum Gasteiger partial charge on any atom is 0.271 e. The molecule has 0 heterocycles. The van der Waals surface area contributed by atoms with E-state index < -0.39 is 0 Å². The van der Waals surface area contributed by atoms with Crippen molar-refractivity contribution in [2.24, 2.45) is 5.10 Å². The van der Waals surface area contributed by atoms with Gasteiger partial charge in [0.2, 0.25) is 5.91 Å². The Bertz CT molecular complexity index is 1150. The summed E-state index contributed by atoms with van der Waals surface area (Å²) >= 11 is 6.19. The van der Waals surface area contributed by atoms with Gasteiger partial charge in [-0.2, -0.15) is 5.10 Å². The number of halogens is 1. The fourth-order valence-electron chi connectivity index (χ4n) is 2.90. The van der Waals surface area contributed by atoms with Crippen LogP contribution in [0.4, 0.5) is 5.69 Å². The van der Waals surface area contributed by atoms with Crippen molar-refractivity contribution >= 4 is 35.3 Å². The van der Waals surface area contributed by atoms with E-state index in [9.17, 15) is 9.59 Å². The minimum absolute atomic E-state index is 0.177. The molecule has 3 aromatic carbocycles. The number of anilines is 1. The van der Waals surface area contributed by atoms with Gasteiger partial charge in [0.15, 0.2) is 11.5 Å². The fraction of sp³-hybridized carbons (Fsp3) is 0.160. The van der Waals surface area contributed by atoms with Crippen LogP contribution in [0.1, 0.15) is 35.3 Å². The summed E-state index contributed by atoms with van der Waals surface area (Å²) in [5.41, 5.74) is 5.11. The minimum Gasteiger partial charge on any atom is -0.490 e. The highest BCUT2D eigenvalue weighted by Gasteiger charge is 2.08. The van der Waals surface area contributed by atoms with E-state index in [1.807, 2.05) is 37.3 Å². The number of benzene rings is 3. The van der Waals surface area contributed by atoms with E-state index in [0.29, 0.717) is 41.0 Å². The van der Waals surface area contributed by atoms with Gasteiger partial charge in [-0.25, -0.2) is 5.43 Å². The van der Waals surface area contributed by atoms with Crippen molar-refractivity contribution in [3.8, 4) is 11.5 Å². The first-order chi connectivity index (χ1) is 16.0. The number of nitrogens with one attached hydrogen (secondary N) is 2. The highest BCUT2D eigenvalue weighted by molar-refractivity contribution is 6.31. The zero-order valence-corrected chi connectivity index (χ0v) is 19.1. The number of rotatable bonds is 9. The molecule has 2 amide bonds. The molecular formula is C25H24ClN3O4. The molecule has 0 bridgehead atoms. The Morgan fingerprint density at radius 2 is 1.76 bits per heavy atom. The van der Waals surface area contributed by atoms with Crippen LogP contribution in [-0.4, -0.2) is 24.6 Å². The van der Waals surface area contributed by atoms with Crippen LogP contribution in [0.3, 0.4) is 0 Å². The van der Waals surface area contributed by atoms with Gasteiger partial charge in [-0.15, -0.1) is 0 Å². The van der Waals surface area contributed by atoms with Crippen LogP contribution in [0.2, 0.25) is 5.02 Å². The molecule has 0 fully saturated rings. The molecule has 0 saturated heterocycles. The molecule has 2 N–H and O–H groups in total. The molecule has 3 rings (SSSR count). The smallest absolute Gasteiger partial charge is 0.271 e. The molecule has 8 heteroatoms. The lowest BCUT2D eigenvalue weighted by Crippen LogP contribution is -2.17. The van der Waals surface area contributed by atoms with Crippen LogP contribution < -0.4 is 20.2 Å². The monoisotopic (exact) mass is 465 g/mol. The molecular weight excluding hydrogens is 442 g/mol. The Balaban J connectivity index is 1.63. The van der Waals surface area contributed by atoms with Crippen molar-refractivity contribution in [3.63, 3.8) is 0 Å². The summed E-state index contributed by atoms with van der Waals surface area (Å²) in [6.45, 7) is 4.08. The summed E-state index contributed by atoms with van der Waals surface area (Å²) in [5, 5.41) is 7.30. The van der Waals surface area contributed by atoms with Gasteiger partial charge in [0.25, 0.3) is 5.91 Å². The highest BCUT2D eigenvalue weighted by atomic mass is 35.5. The molecule has 0 aliphatic heterocycles. The van der Waals surface area contributed by atoms with E-state index in [1.54, 1.807) is 36.4 Å². The van der Waals surface area contributed by atoms with Crippen LogP contribution in [0.25, 0.3) is 0 Å². The van der Waals surface area contributed by atoms with Gasteiger partial charge in [-0.1, -0.05) is 29.8 Å². The van der Waals surface area contributed by atoms with Crippen molar-refractivity contribution in [1.82, 2.24) is 5.43 Å². The first-order valence-corrected chi connectivity index (χ1v) is 10.7. The number of hydrogen-bond acceptors (Lipinski definition) is 5. The van der Waals surface area contributed by atoms with Crippen LogP contribution in [0.5, 0.6) is 11.5 Å². The van der Waals surface area contributed by atoms with Crippen LogP contribution in [0.15, 0.2) is 71.8 Å². The van der Waals surface area contributed by atoms with E-state index in [2.05, 4.69) is 15.8 Å². The lowest BCUT2D eigenvalue weighted by atomic mass is 10.2. The Kier molecular flexibility index (Phi) is 8.43. The molecule has 0 unspecified atom stereocenters. The maximum atomic E-state index is 12.3. The molecule has 0 aromatic heterocycles. The molecule has 7 nitrogen and oxygen atoms in total. The van der Waals surface area contributed by atoms with E-state index in [1.165, 1.54) is 13.1 Å². The fourth-order valence-corrected chi connectivity index (χ4v) is 3.09. The largest absolute Gasteiger partial charge is 0.490 e. The van der Waals surface area contributed by atoms with E-state index in [-0.39, 0.29) is 11.8 Å². The maximum absolute atomic E-state index is 12.3. The standard InChI is InChI=1S/C25H24ClN3O4/c1-3-32-24-14-18(8-13-23(24)33-16-20-6-4-5-7-22(20)26)15-27-29-25(31)19-9-11-21(12-10-19)28-17(2)30/h4-15H,3,16H2,1-2H3,(H,28,30)(H,29,31)/b27-15-. The van der Waals surface area contributed by atoms with Gasteiger partial charge in [-0.05, 0) is 61.0 Å². The van der Waals surface area contributed by atoms with Crippen molar-refractivity contribution < 1.29 is 19.1 Å². The predicted molar refractivity (Wildman–Crippen MR) is 129 cm³/mol. The molecule has 0 saturated carbocycles. The van der Waals surface area contributed by atoms with Gasteiger partial charge in [0, 0.05) is 28.8 Å². The summed E-state index contributed by atoms with van der Waals surface area (Å²) < 4.78 is 11.6. The third-order valence-electron chi connectivity index (χ3n) is 4.46.